The van der Waals surface area contributed by atoms with E-state index in [1.54, 1.807) is 0 Å². The summed E-state index contributed by atoms with van der Waals surface area (Å²) in [5.74, 6) is -1.31. The maximum atomic E-state index is 13.1. The number of aliphatic hydroxyl groups is 1. The molecule has 0 bridgehead atoms. The Bertz CT molecular complexity index is 1770. The number of hydrogen-bond donors (Lipinski definition) is 3. The lowest BCUT2D eigenvalue weighted by atomic mass is 10.0. The molecule has 0 fully saturated rings. The second-order valence-electron chi connectivity index (χ2n) is 26.8. The lowest BCUT2D eigenvalue weighted by Crippen LogP contribution is -2.30. The summed E-state index contributed by atoms with van der Waals surface area (Å²) >= 11 is 0. The molecule has 0 radical (unpaired) electrons. The monoisotopic (exact) mass is 1350 g/mol. The van der Waals surface area contributed by atoms with E-state index in [-0.39, 0.29) is 25.7 Å². The van der Waals surface area contributed by atoms with E-state index in [9.17, 15) is 43.2 Å². The van der Waals surface area contributed by atoms with Crippen LogP contribution in [0.2, 0.25) is 0 Å². The first-order valence-corrected chi connectivity index (χ1v) is 41.1. The number of carbonyl (C=O) groups is 4. The van der Waals surface area contributed by atoms with Crippen LogP contribution >= 0.6 is 15.6 Å². The van der Waals surface area contributed by atoms with Crippen LogP contribution in [0.4, 0.5) is 0 Å². The molecule has 17 nitrogen and oxygen atoms in total. The fraction of sp³-hybridized carbons (Fsp3) is 0.945. The van der Waals surface area contributed by atoms with Gasteiger partial charge in [-0.3, -0.25) is 37.3 Å². The molecule has 546 valence electrons. The number of phosphoric acid groups is 2. The molecule has 0 aromatic heterocycles. The Kier molecular flexibility index (Phi) is 64.9. The van der Waals surface area contributed by atoms with E-state index in [4.69, 9.17) is 37.0 Å². The Morgan fingerprint density at radius 2 is 0.500 bits per heavy atom. The molecule has 5 atom stereocenters. The Morgan fingerprint density at radius 3 is 0.739 bits per heavy atom. The van der Waals surface area contributed by atoms with Crippen molar-refractivity contribution in [3.63, 3.8) is 0 Å². The van der Waals surface area contributed by atoms with Crippen molar-refractivity contribution in [2.45, 2.75) is 400 Å². The summed E-state index contributed by atoms with van der Waals surface area (Å²) in [7, 11) is -9.89. The van der Waals surface area contributed by atoms with Gasteiger partial charge >= 0.3 is 39.5 Å². The fourth-order valence-electron chi connectivity index (χ4n) is 11.2. The Labute approximate surface area is 562 Å². The number of esters is 4. The van der Waals surface area contributed by atoms with E-state index in [2.05, 4.69) is 34.6 Å². The zero-order chi connectivity index (χ0) is 67.7. The first-order chi connectivity index (χ1) is 44.5. The van der Waals surface area contributed by atoms with Gasteiger partial charge in [0, 0.05) is 25.7 Å². The molecule has 0 saturated heterocycles. The molecular formula is C73H142O17P2. The number of rotatable bonds is 73. The van der Waals surface area contributed by atoms with Gasteiger partial charge in [-0.05, 0) is 31.6 Å². The first kappa shape index (κ1) is 90.1. The van der Waals surface area contributed by atoms with Crippen LogP contribution in [0, 0.1) is 5.92 Å². The molecule has 0 heterocycles. The van der Waals surface area contributed by atoms with Crippen molar-refractivity contribution in [1.82, 2.24) is 0 Å². The average Bonchev–Trinajstić information content (AvgIpc) is 3.73. The highest BCUT2D eigenvalue weighted by molar-refractivity contribution is 7.47. The minimum atomic E-state index is -4.95. The predicted octanol–water partition coefficient (Wildman–Crippen LogP) is 21.3. The summed E-state index contributed by atoms with van der Waals surface area (Å²) < 4.78 is 68.1. The SMILES string of the molecule is CCCCCCCCCCCCCCCCCC(=O)OC[C@H](COP(=O)(O)OC[C@@H](O)COP(=O)(O)OC[C@@H](COC(=O)CCCCCCC)OC(=O)CCCCCCCCCCCCC)OC(=O)CCCCCCCCCCCCCCCCCCCCC(C)C. The third-order valence-corrected chi connectivity index (χ3v) is 18.9. The zero-order valence-corrected chi connectivity index (χ0v) is 61.5. The molecule has 2 unspecified atom stereocenters. The number of carbonyl (C=O) groups excluding carboxylic acids is 4. The molecule has 0 aromatic carbocycles. The second kappa shape index (κ2) is 66.3. The van der Waals surface area contributed by atoms with Crippen molar-refractivity contribution < 1.29 is 80.2 Å². The molecule has 0 amide bonds. The average molecular weight is 1350 g/mol. The van der Waals surface area contributed by atoms with Crippen LogP contribution in [0.3, 0.4) is 0 Å². The standard InChI is InChI=1S/C73H142O17P2/c1-6-9-12-15-17-19-21-22-27-31-35-38-42-47-52-57-71(76)84-63-69(90-73(78)59-54-49-44-40-36-32-29-26-24-23-25-28-30-34-37-41-46-50-55-66(4)5)65-88-92(81,82)86-61-67(74)60-85-91(79,80)87-64-68(62-83-70(75)56-51-45-14-11-8-3)89-72(77)58-53-48-43-39-33-20-18-16-13-10-7-2/h66-69,74H,6-65H2,1-5H3,(H,79,80)(H,81,82)/t67-,68+,69+/m0/s1. The molecule has 0 spiro atoms. The van der Waals surface area contributed by atoms with E-state index in [1.807, 2.05) is 0 Å². The highest BCUT2D eigenvalue weighted by atomic mass is 31.2. The van der Waals surface area contributed by atoms with Crippen LogP contribution in [0.5, 0.6) is 0 Å². The smallest absolute Gasteiger partial charge is 0.462 e. The molecule has 0 rings (SSSR count). The van der Waals surface area contributed by atoms with Gasteiger partial charge in [0.25, 0.3) is 0 Å². The Hall–Kier alpha value is -1.94. The van der Waals surface area contributed by atoms with Crippen molar-refractivity contribution in [3.8, 4) is 0 Å². The lowest BCUT2D eigenvalue weighted by Gasteiger charge is -2.21. The minimum absolute atomic E-state index is 0.106. The number of aliphatic hydroxyl groups excluding tert-OH is 1. The van der Waals surface area contributed by atoms with Crippen LogP contribution in [0.15, 0.2) is 0 Å². The van der Waals surface area contributed by atoms with Gasteiger partial charge in [-0.25, -0.2) is 9.13 Å². The minimum Gasteiger partial charge on any atom is -0.462 e. The molecule has 0 saturated carbocycles. The number of phosphoric ester groups is 2. The summed E-state index contributed by atoms with van der Waals surface area (Å²) in [5, 5.41) is 10.6. The second-order valence-corrected chi connectivity index (χ2v) is 29.7. The van der Waals surface area contributed by atoms with Crippen LogP contribution in [0.25, 0.3) is 0 Å². The van der Waals surface area contributed by atoms with Gasteiger partial charge in [-0.1, -0.05) is 330 Å². The van der Waals surface area contributed by atoms with Crippen molar-refractivity contribution >= 4 is 39.5 Å². The number of hydrogen-bond acceptors (Lipinski definition) is 15. The molecular weight excluding hydrogens is 1210 g/mol. The van der Waals surface area contributed by atoms with E-state index in [1.165, 1.54) is 199 Å². The van der Waals surface area contributed by atoms with Gasteiger partial charge in [0.1, 0.15) is 19.3 Å². The van der Waals surface area contributed by atoms with E-state index in [0.29, 0.717) is 25.7 Å². The Balaban J connectivity index is 5.12. The molecule has 3 N–H and O–H groups in total. The summed E-state index contributed by atoms with van der Waals surface area (Å²) in [5.41, 5.74) is 0. The van der Waals surface area contributed by atoms with Crippen molar-refractivity contribution in [3.05, 3.63) is 0 Å². The van der Waals surface area contributed by atoms with Gasteiger partial charge in [0.05, 0.1) is 26.4 Å². The summed E-state index contributed by atoms with van der Waals surface area (Å²) in [4.78, 5) is 72.3. The van der Waals surface area contributed by atoms with Gasteiger partial charge < -0.3 is 33.8 Å². The van der Waals surface area contributed by atoms with Crippen molar-refractivity contribution in [1.29, 1.82) is 0 Å². The lowest BCUT2D eigenvalue weighted by molar-refractivity contribution is -0.161. The normalized spacial score (nSPS) is 14.0. The van der Waals surface area contributed by atoms with E-state index < -0.39 is 97.5 Å². The van der Waals surface area contributed by atoms with Gasteiger partial charge in [-0.2, -0.15) is 0 Å². The maximum absolute atomic E-state index is 13.1. The van der Waals surface area contributed by atoms with Crippen LogP contribution in [-0.2, 0) is 65.4 Å². The third kappa shape index (κ3) is 66.7. The molecule has 0 aliphatic rings. The van der Waals surface area contributed by atoms with Gasteiger partial charge in [-0.15, -0.1) is 0 Å². The Morgan fingerprint density at radius 1 is 0.293 bits per heavy atom. The van der Waals surface area contributed by atoms with E-state index >= 15 is 0 Å². The van der Waals surface area contributed by atoms with Crippen molar-refractivity contribution in [2.75, 3.05) is 39.6 Å². The molecule has 0 aliphatic carbocycles. The number of ether oxygens (including phenoxy) is 4. The highest BCUT2D eigenvalue weighted by Crippen LogP contribution is 2.45. The maximum Gasteiger partial charge on any atom is 0.472 e. The van der Waals surface area contributed by atoms with Crippen LogP contribution in [-0.4, -0.2) is 96.7 Å². The van der Waals surface area contributed by atoms with Gasteiger partial charge in [0.2, 0.25) is 0 Å². The van der Waals surface area contributed by atoms with Crippen molar-refractivity contribution in [2.24, 2.45) is 5.92 Å². The summed E-state index contributed by atoms with van der Waals surface area (Å²) in [6.07, 6.45) is 54.5. The highest BCUT2D eigenvalue weighted by Gasteiger charge is 2.30. The summed E-state index contributed by atoms with van der Waals surface area (Å²) in [6.45, 7) is 7.21. The van der Waals surface area contributed by atoms with Crippen LogP contribution in [0.1, 0.15) is 381 Å². The first-order valence-electron chi connectivity index (χ1n) is 38.1. The third-order valence-electron chi connectivity index (χ3n) is 17.0. The molecule has 92 heavy (non-hydrogen) atoms. The van der Waals surface area contributed by atoms with Gasteiger partial charge in [0.15, 0.2) is 12.2 Å². The largest absolute Gasteiger partial charge is 0.472 e. The molecule has 19 heteroatoms. The van der Waals surface area contributed by atoms with E-state index in [0.717, 1.165) is 102 Å². The quantitative estimate of drug-likeness (QED) is 0.0222. The van der Waals surface area contributed by atoms with Crippen LogP contribution < -0.4 is 0 Å². The zero-order valence-electron chi connectivity index (χ0n) is 59.7. The number of unbranched alkanes of at least 4 members (excludes halogenated alkanes) is 45. The predicted molar refractivity (Wildman–Crippen MR) is 372 cm³/mol. The topological polar surface area (TPSA) is 237 Å². The fourth-order valence-corrected chi connectivity index (χ4v) is 12.8. The molecule has 0 aliphatic heterocycles. The molecule has 0 aromatic rings. The summed E-state index contributed by atoms with van der Waals surface area (Å²) in [6, 6.07) is 0.